The summed E-state index contributed by atoms with van der Waals surface area (Å²) in [5.74, 6) is -0.740. The zero-order valence-corrected chi connectivity index (χ0v) is 15.3. The Labute approximate surface area is 158 Å². The highest BCUT2D eigenvalue weighted by molar-refractivity contribution is 5.97. The van der Waals surface area contributed by atoms with E-state index >= 15 is 0 Å². The minimum Gasteiger partial charge on any atom is -0.337 e. The van der Waals surface area contributed by atoms with E-state index in [0.29, 0.717) is 26.2 Å². The van der Waals surface area contributed by atoms with Gasteiger partial charge in [-0.05, 0) is 37.7 Å². The Morgan fingerprint density at radius 3 is 2.48 bits per heavy atom. The minimum atomic E-state index is -0.499. The molecule has 2 aromatic carbocycles. The number of anilines is 1. The van der Waals surface area contributed by atoms with Crippen LogP contribution in [0.3, 0.4) is 0 Å². The molecule has 1 spiro atoms. The van der Waals surface area contributed by atoms with Gasteiger partial charge in [0.05, 0.1) is 17.6 Å². The Bertz CT molecular complexity index is 873. The van der Waals surface area contributed by atoms with Crippen LogP contribution in [-0.2, 0) is 4.79 Å². The van der Waals surface area contributed by atoms with E-state index in [2.05, 4.69) is 0 Å². The number of piperazine rings is 1. The average Bonchev–Trinajstić information content (AvgIpc) is 3.11. The molecule has 2 aliphatic rings. The molecule has 2 amide bonds. The number of halogens is 1. The lowest BCUT2D eigenvalue weighted by Gasteiger charge is -2.46. The molecule has 2 heterocycles. The number of nitrogens with zero attached hydrogens (tertiary/aromatic N) is 3. The fourth-order valence-electron chi connectivity index (χ4n) is 4.08. The maximum Gasteiger partial charge on any atom is 0.256 e. The number of carbonyl (C=O) groups is 2. The van der Waals surface area contributed by atoms with E-state index in [1.165, 1.54) is 12.1 Å². The van der Waals surface area contributed by atoms with Gasteiger partial charge in [0.2, 0.25) is 5.91 Å². The number of hydrogen-bond acceptors (Lipinski definition) is 3. The Kier molecular flexibility index (Phi) is 4.44. The number of rotatable bonds is 2. The monoisotopic (exact) mass is 367 g/mol. The van der Waals surface area contributed by atoms with Gasteiger partial charge in [0, 0.05) is 25.3 Å². The van der Waals surface area contributed by atoms with Gasteiger partial charge in [0.1, 0.15) is 5.82 Å². The molecule has 0 N–H and O–H groups in total. The predicted octanol–water partition coefficient (Wildman–Crippen LogP) is 2.39. The molecule has 1 atom stereocenters. The van der Waals surface area contributed by atoms with Crippen LogP contribution in [-0.4, -0.2) is 60.4 Å². The molecule has 27 heavy (non-hydrogen) atoms. The summed E-state index contributed by atoms with van der Waals surface area (Å²) in [4.78, 5) is 30.9. The summed E-state index contributed by atoms with van der Waals surface area (Å²) in [7, 11) is 1.93. The van der Waals surface area contributed by atoms with Crippen molar-refractivity contribution in [1.29, 1.82) is 0 Å². The number of hydrogen-bond donors (Lipinski definition) is 0. The summed E-state index contributed by atoms with van der Waals surface area (Å²) in [6, 6.07) is 15.7. The second-order valence-electron chi connectivity index (χ2n) is 7.35. The first-order chi connectivity index (χ1) is 13.0. The number of likely N-dealkylation sites (N-methyl/N-ethyl adjacent to an activating group) is 1. The van der Waals surface area contributed by atoms with Crippen LogP contribution in [0, 0.1) is 5.82 Å². The highest BCUT2D eigenvalue weighted by Gasteiger charge is 2.48. The van der Waals surface area contributed by atoms with Crippen molar-refractivity contribution < 1.29 is 14.0 Å². The smallest absolute Gasteiger partial charge is 0.256 e. The molecule has 0 aliphatic carbocycles. The van der Waals surface area contributed by atoms with Gasteiger partial charge in [-0.15, -0.1) is 0 Å². The number of amides is 2. The third-order valence-electron chi connectivity index (χ3n) is 5.73. The normalized spacial score (nSPS) is 23.3. The second-order valence-corrected chi connectivity index (χ2v) is 7.35. The number of para-hydroxylation sites is 1. The molecule has 0 radical (unpaired) electrons. The molecule has 5 nitrogen and oxygen atoms in total. The molecule has 2 aromatic rings. The maximum absolute atomic E-state index is 14.0. The van der Waals surface area contributed by atoms with Gasteiger partial charge in [-0.3, -0.25) is 14.5 Å². The molecule has 2 saturated heterocycles. The third-order valence-corrected chi connectivity index (χ3v) is 5.73. The molecule has 0 bridgehead atoms. The fraction of sp³-hybridized carbons (Fsp3) is 0.333. The zero-order valence-electron chi connectivity index (χ0n) is 15.3. The Hall–Kier alpha value is -2.73. The standard InChI is InChI=1S/C21H22FN3O2/c1-23-13-19(26)25(16-7-3-2-4-8-16)15-21(23)11-12-24(14-21)20(27)17-9-5-6-10-18(17)22/h2-10H,11-15H2,1H3. The van der Waals surface area contributed by atoms with Gasteiger partial charge in [0.15, 0.2) is 0 Å². The van der Waals surface area contributed by atoms with E-state index < -0.39 is 5.82 Å². The van der Waals surface area contributed by atoms with Crippen molar-refractivity contribution >= 4 is 17.5 Å². The summed E-state index contributed by atoms with van der Waals surface area (Å²) in [5, 5.41) is 0. The highest BCUT2D eigenvalue weighted by Crippen LogP contribution is 2.34. The molecule has 0 saturated carbocycles. The van der Waals surface area contributed by atoms with Crippen molar-refractivity contribution in [2.45, 2.75) is 12.0 Å². The van der Waals surface area contributed by atoms with Gasteiger partial charge in [-0.2, -0.15) is 0 Å². The summed E-state index contributed by atoms with van der Waals surface area (Å²) in [6.07, 6.45) is 0.750. The maximum atomic E-state index is 14.0. The van der Waals surface area contributed by atoms with Crippen molar-refractivity contribution in [3.63, 3.8) is 0 Å². The van der Waals surface area contributed by atoms with Crippen molar-refractivity contribution in [3.05, 3.63) is 66.0 Å². The molecular formula is C21H22FN3O2. The Balaban J connectivity index is 1.57. The first-order valence-corrected chi connectivity index (χ1v) is 9.11. The fourth-order valence-corrected chi connectivity index (χ4v) is 4.08. The quantitative estimate of drug-likeness (QED) is 0.819. The van der Waals surface area contributed by atoms with E-state index in [1.807, 2.05) is 42.3 Å². The summed E-state index contributed by atoms with van der Waals surface area (Å²) in [6.45, 7) is 1.85. The second kappa shape index (κ2) is 6.78. The van der Waals surface area contributed by atoms with Crippen molar-refractivity contribution in [2.24, 2.45) is 0 Å². The van der Waals surface area contributed by atoms with Crippen LogP contribution >= 0.6 is 0 Å². The topological polar surface area (TPSA) is 43.9 Å². The van der Waals surface area contributed by atoms with Crippen molar-refractivity contribution in [2.75, 3.05) is 38.1 Å². The third kappa shape index (κ3) is 3.10. The van der Waals surface area contributed by atoms with Crippen molar-refractivity contribution in [3.8, 4) is 0 Å². The number of benzene rings is 2. The highest BCUT2D eigenvalue weighted by atomic mass is 19.1. The lowest BCUT2D eigenvalue weighted by Crippen LogP contribution is -2.64. The largest absolute Gasteiger partial charge is 0.337 e. The van der Waals surface area contributed by atoms with E-state index in [4.69, 9.17) is 0 Å². The van der Waals surface area contributed by atoms with Crippen LogP contribution in [0.15, 0.2) is 54.6 Å². The predicted molar refractivity (Wildman–Crippen MR) is 101 cm³/mol. The molecule has 1 unspecified atom stereocenters. The van der Waals surface area contributed by atoms with Gasteiger partial charge in [-0.25, -0.2) is 4.39 Å². The van der Waals surface area contributed by atoms with E-state index in [-0.39, 0.29) is 22.9 Å². The molecule has 6 heteroatoms. The van der Waals surface area contributed by atoms with Crippen LogP contribution in [0.2, 0.25) is 0 Å². The molecule has 2 aliphatic heterocycles. The van der Waals surface area contributed by atoms with Crippen LogP contribution in [0.5, 0.6) is 0 Å². The lowest BCUT2D eigenvalue weighted by molar-refractivity contribution is -0.123. The molecule has 140 valence electrons. The Morgan fingerprint density at radius 1 is 1.04 bits per heavy atom. The molecular weight excluding hydrogens is 345 g/mol. The van der Waals surface area contributed by atoms with Gasteiger partial charge < -0.3 is 9.80 Å². The Morgan fingerprint density at radius 2 is 1.74 bits per heavy atom. The average molecular weight is 367 g/mol. The van der Waals surface area contributed by atoms with Gasteiger partial charge in [-0.1, -0.05) is 30.3 Å². The molecule has 0 aromatic heterocycles. The molecule has 2 fully saturated rings. The van der Waals surface area contributed by atoms with Gasteiger partial charge >= 0.3 is 0 Å². The summed E-state index contributed by atoms with van der Waals surface area (Å²) >= 11 is 0. The minimum absolute atomic E-state index is 0.0493. The van der Waals surface area contributed by atoms with E-state index in [0.717, 1.165) is 12.1 Å². The van der Waals surface area contributed by atoms with Gasteiger partial charge in [0.25, 0.3) is 5.91 Å². The lowest BCUT2D eigenvalue weighted by atomic mass is 9.92. The van der Waals surface area contributed by atoms with E-state index in [9.17, 15) is 14.0 Å². The summed E-state index contributed by atoms with van der Waals surface area (Å²) in [5.41, 5.74) is 0.655. The van der Waals surface area contributed by atoms with Crippen LogP contribution in [0.4, 0.5) is 10.1 Å². The number of carbonyl (C=O) groups excluding carboxylic acids is 2. The van der Waals surface area contributed by atoms with Crippen LogP contribution < -0.4 is 4.90 Å². The zero-order chi connectivity index (χ0) is 19.0. The number of likely N-dealkylation sites (tertiary alicyclic amines) is 1. The van der Waals surface area contributed by atoms with Crippen molar-refractivity contribution in [1.82, 2.24) is 9.80 Å². The first-order valence-electron chi connectivity index (χ1n) is 9.11. The first kappa shape index (κ1) is 17.7. The molecule has 4 rings (SSSR count). The SMILES string of the molecule is CN1CC(=O)N(c2ccccc2)CC12CCN(C(=O)c1ccccc1F)C2. The van der Waals surface area contributed by atoms with Crippen LogP contribution in [0.25, 0.3) is 0 Å². The summed E-state index contributed by atoms with van der Waals surface area (Å²) < 4.78 is 14.0. The van der Waals surface area contributed by atoms with Crippen LogP contribution in [0.1, 0.15) is 16.8 Å². The van der Waals surface area contributed by atoms with E-state index in [1.54, 1.807) is 21.9 Å².